The molecule has 0 heterocycles. The van der Waals surface area contributed by atoms with E-state index in [-0.39, 0.29) is 11.5 Å². The Kier molecular flexibility index (Phi) is 8.70. The summed E-state index contributed by atoms with van der Waals surface area (Å²) < 4.78 is 0. The predicted molar refractivity (Wildman–Crippen MR) is 174 cm³/mol. The van der Waals surface area contributed by atoms with Crippen LogP contribution < -0.4 is 10.2 Å². The summed E-state index contributed by atoms with van der Waals surface area (Å²) in [5, 5.41) is 26.5. The van der Waals surface area contributed by atoms with Crippen molar-refractivity contribution in [1.29, 1.82) is 0 Å². The van der Waals surface area contributed by atoms with Crippen LogP contribution in [0.2, 0.25) is 0 Å². The molecule has 0 aliphatic heterocycles. The molecule has 0 saturated carbocycles. The molecule has 0 N–H and O–H groups in total. The molecule has 214 valence electrons. The topological polar surface area (TPSA) is 70.8 Å². The Hall–Kier alpha value is -5.74. The summed E-state index contributed by atoms with van der Waals surface area (Å²) in [6.45, 7) is 0. The van der Waals surface area contributed by atoms with Crippen LogP contribution in [0.1, 0.15) is 45.5 Å². The highest BCUT2D eigenvalue weighted by Crippen LogP contribution is 2.38. The van der Waals surface area contributed by atoms with Crippen LogP contribution in [0, 0.1) is 0 Å². The van der Waals surface area contributed by atoms with Crippen LogP contribution in [0.15, 0.2) is 180 Å². The zero-order chi connectivity index (χ0) is 30.1. The fraction of sp³-hybridized carbons (Fsp3) is 0.0500. The highest BCUT2D eigenvalue weighted by atomic mass is 16.3. The van der Waals surface area contributed by atoms with E-state index in [0.717, 1.165) is 22.3 Å². The number of benzene rings is 6. The molecular formula is C40H30N2O2-2. The van der Waals surface area contributed by atoms with Crippen molar-refractivity contribution in [3.05, 3.63) is 203 Å². The van der Waals surface area contributed by atoms with E-state index in [1.807, 2.05) is 146 Å². The van der Waals surface area contributed by atoms with E-state index in [1.165, 1.54) is 0 Å². The Balaban J connectivity index is 1.65. The quantitative estimate of drug-likeness (QED) is 0.167. The van der Waals surface area contributed by atoms with Crippen LogP contribution in [-0.2, 0) is 0 Å². The van der Waals surface area contributed by atoms with E-state index < -0.39 is 12.1 Å². The molecule has 0 bridgehead atoms. The van der Waals surface area contributed by atoms with Crippen molar-refractivity contribution >= 4 is 11.4 Å². The molecular weight excluding hydrogens is 540 g/mol. The van der Waals surface area contributed by atoms with Gasteiger partial charge in [-0.05, 0) is 22.3 Å². The van der Waals surface area contributed by atoms with Gasteiger partial charge in [0.2, 0.25) is 0 Å². The van der Waals surface area contributed by atoms with E-state index >= 15 is 0 Å². The molecule has 0 spiro atoms. The molecule has 2 atom stereocenters. The summed E-state index contributed by atoms with van der Waals surface area (Å²) in [5.74, 6) is -0.209. The van der Waals surface area contributed by atoms with Gasteiger partial charge in [-0.2, -0.15) is 0 Å². The van der Waals surface area contributed by atoms with Gasteiger partial charge in [0.1, 0.15) is 12.1 Å². The van der Waals surface area contributed by atoms with E-state index in [4.69, 9.17) is 9.98 Å². The number of hydrogen-bond donors (Lipinski definition) is 0. The fourth-order valence-corrected chi connectivity index (χ4v) is 5.35. The highest BCUT2D eigenvalue weighted by molar-refractivity contribution is 6.15. The molecule has 6 aromatic rings. The zero-order valence-corrected chi connectivity index (χ0v) is 24.0. The molecule has 0 aliphatic rings. The molecule has 4 nitrogen and oxygen atoms in total. The van der Waals surface area contributed by atoms with Crippen molar-refractivity contribution in [2.24, 2.45) is 9.98 Å². The van der Waals surface area contributed by atoms with Gasteiger partial charge in [0.05, 0.1) is 11.4 Å². The van der Waals surface area contributed by atoms with Crippen LogP contribution in [0.25, 0.3) is 0 Å². The predicted octanol–water partition coefficient (Wildman–Crippen LogP) is 7.69. The molecule has 0 fully saturated rings. The molecule has 4 heteroatoms. The second-order valence-electron chi connectivity index (χ2n) is 10.4. The normalized spacial score (nSPS) is 13.3. The van der Waals surface area contributed by atoms with Crippen molar-refractivity contribution in [2.45, 2.75) is 12.1 Å². The third-order valence-electron chi connectivity index (χ3n) is 7.50. The SMILES string of the molecule is [O-]c1ccccc1C(=N[C@@H](c1ccccc1)[C@@H](N=C(c1ccccc1)c1ccccc1[O-])c1ccccc1)c1ccccc1. The van der Waals surface area contributed by atoms with Gasteiger partial charge in [-0.15, -0.1) is 0 Å². The fourth-order valence-electron chi connectivity index (χ4n) is 5.35. The average molecular weight is 571 g/mol. The molecule has 0 unspecified atom stereocenters. The molecule has 0 saturated heterocycles. The minimum Gasteiger partial charge on any atom is -0.872 e. The summed E-state index contributed by atoms with van der Waals surface area (Å²) in [7, 11) is 0. The van der Waals surface area contributed by atoms with Crippen molar-refractivity contribution < 1.29 is 10.2 Å². The summed E-state index contributed by atoms with van der Waals surface area (Å²) in [6.07, 6.45) is 0. The largest absolute Gasteiger partial charge is 0.872 e. The van der Waals surface area contributed by atoms with Gasteiger partial charge < -0.3 is 10.2 Å². The summed E-state index contributed by atoms with van der Waals surface area (Å²) in [5.41, 5.74) is 5.75. The second kappa shape index (κ2) is 13.5. The van der Waals surface area contributed by atoms with E-state index in [1.54, 1.807) is 24.3 Å². The summed E-state index contributed by atoms with van der Waals surface area (Å²) in [6, 6.07) is 52.5. The maximum absolute atomic E-state index is 13.2. The standard InChI is InChI=1S/C40H32N2O2/c43-35-27-15-13-25-33(35)37(29-17-5-1-6-18-29)41-39(31-21-9-3-10-22-31)40(32-23-11-4-12-24-32)42-38(30-19-7-2-8-20-30)34-26-14-16-28-36(34)44/h1-28,39-40,43-44H/p-2/t39-,40-/m0/s1. The second-order valence-corrected chi connectivity index (χ2v) is 10.4. The lowest BCUT2D eigenvalue weighted by atomic mass is 9.91. The Morgan fingerprint density at radius 1 is 0.364 bits per heavy atom. The van der Waals surface area contributed by atoms with Crippen molar-refractivity contribution in [2.75, 3.05) is 0 Å². The Bertz CT molecular complexity index is 1730. The lowest BCUT2D eigenvalue weighted by molar-refractivity contribution is -0.269. The Labute approximate surface area is 258 Å². The average Bonchev–Trinajstić information content (AvgIpc) is 3.09. The van der Waals surface area contributed by atoms with Crippen molar-refractivity contribution in [3.63, 3.8) is 0 Å². The Morgan fingerprint density at radius 3 is 1.00 bits per heavy atom. The molecule has 0 amide bonds. The smallest absolute Gasteiger partial charge is 0.102 e. The lowest BCUT2D eigenvalue weighted by Gasteiger charge is -2.26. The van der Waals surface area contributed by atoms with Crippen LogP contribution in [0.4, 0.5) is 0 Å². The third-order valence-corrected chi connectivity index (χ3v) is 7.50. The molecule has 6 rings (SSSR count). The molecule has 0 radical (unpaired) electrons. The first-order chi connectivity index (χ1) is 21.7. The van der Waals surface area contributed by atoms with Crippen LogP contribution in [0.5, 0.6) is 11.5 Å². The van der Waals surface area contributed by atoms with Gasteiger partial charge in [0.15, 0.2) is 0 Å². The van der Waals surface area contributed by atoms with Gasteiger partial charge in [-0.25, -0.2) is 0 Å². The highest BCUT2D eigenvalue weighted by Gasteiger charge is 2.27. The number of rotatable bonds is 9. The zero-order valence-electron chi connectivity index (χ0n) is 24.0. The molecule has 6 aromatic carbocycles. The van der Waals surface area contributed by atoms with Gasteiger partial charge in [0.25, 0.3) is 0 Å². The van der Waals surface area contributed by atoms with Crippen LogP contribution >= 0.6 is 0 Å². The minimum absolute atomic E-state index is 0.105. The lowest BCUT2D eigenvalue weighted by Crippen LogP contribution is -2.17. The number of hydrogen-bond acceptors (Lipinski definition) is 4. The number of aliphatic imine (C=N–C) groups is 2. The first-order valence-corrected chi connectivity index (χ1v) is 14.6. The van der Waals surface area contributed by atoms with E-state index in [9.17, 15) is 10.2 Å². The number of para-hydroxylation sites is 2. The van der Waals surface area contributed by atoms with E-state index in [0.29, 0.717) is 22.6 Å². The van der Waals surface area contributed by atoms with E-state index in [2.05, 4.69) is 0 Å². The van der Waals surface area contributed by atoms with Crippen molar-refractivity contribution in [3.8, 4) is 11.5 Å². The Morgan fingerprint density at radius 2 is 0.659 bits per heavy atom. The molecule has 0 aliphatic carbocycles. The first kappa shape index (κ1) is 28.4. The maximum Gasteiger partial charge on any atom is 0.102 e. The maximum atomic E-state index is 13.2. The summed E-state index contributed by atoms with van der Waals surface area (Å²) in [4.78, 5) is 10.8. The molecule has 44 heavy (non-hydrogen) atoms. The van der Waals surface area contributed by atoms with Gasteiger partial charge in [-0.3, -0.25) is 9.98 Å². The van der Waals surface area contributed by atoms with Gasteiger partial charge in [0, 0.05) is 11.1 Å². The minimum atomic E-state index is -0.536. The van der Waals surface area contributed by atoms with Crippen molar-refractivity contribution in [1.82, 2.24) is 0 Å². The van der Waals surface area contributed by atoms with Gasteiger partial charge in [-0.1, -0.05) is 181 Å². The van der Waals surface area contributed by atoms with Gasteiger partial charge >= 0.3 is 0 Å². The molecule has 0 aromatic heterocycles. The monoisotopic (exact) mass is 570 g/mol. The first-order valence-electron chi connectivity index (χ1n) is 14.6. The van der Waals surface area contributed by atoms with Crippen LogP contribution in [0.3, 0.4) is 0 Å². The number of nitrogens with zero attached hydrogens (tertiary/aromatic N) is 2. The van der Waals surface area contributed by atoms with Crippen LogP contribution in [-0.4, -0.2) is 11.4 Å². The third kappa shape index (κ3) is 6.35. The summed E-state index contributed by atoms with van der Waals surface area (Å²) >= 11 is 0.